The number of piperidine rings is 1. The van der Waals surface area contributed by atoms with Gasteiger partial charge < -0.3 is 15.0 Å². The van der Waals surface area contributed by atoms with Gasteiger partial charge in [0.05, 0.1) is 23.0 Å². The molecule has 0 atom stereocenters. The highest BCUT2D eigenvalue weighted by Crippen LogP contribution is 2.31. The molecule has 3 aromatic heterocycles. The first-order valence-electron chi connectivity index (χ1n) is 16.7. The summed E-state index contributed by atoms with van der Waals surface area (Å²) >= 11 is 0. The summed E-state index contributed by atoms with van der Waals surface area (Å²) in [6.45, 7) is 13.0. The molecule has 6 rings (SSSR count). The van der Waals surface area contributed by atoms with Gasteiger partial charge in [0.1, 0.15) is 18.1 Å². The van der Waals surface area contributed by atoms with E-state index in [0.29, 0.717) is 39.6 Å². The van der Waals surface area contributed by atoms with Crippen LogP contribution in [0.5, 0.6) is 0 Å². The SMILES string of the molecule is CCN1CCC(c2ccc(Nc3cc(-c4cccc(-n5ncc6cc(C(C)(C)C)ccc6c5=O)c4COC(C)=O)nn(C)c3=O)nc2)CC1. The monoisotopic (exact) mass is 661 g/mol. The fourth-order valence-electron chi connectivity index (χ4n) is 6.40. The molecule has 0 bridgehead atoms. The van der Waals surface area contributed by atoms with E-state index in [-0.39, 0.29) is 28.8 Å². The van der Waals surface area contributed by atoms with Gasteiger partial charge in [0.15, 0.2) is 0 Å². The first-order chi connectivity index (χ1) is 23.4. The molecular weight excluding hydrogens is 618 g/mol. The highest BCUT2D eigenvalue weighted by Gasteiger charge is 2.22. The predicted molar refractivity (Wildman–Crippen MR) is 192 cm³/mol. The summed E-state index contributed by atoms with van der Waals surface area (Å²) in [7, 11) is 1.58. The number of carbonyl (C=O) groups excluding carboxylic acids is 1. The van der Waals surface area contributed by atoms with E-state index in [1.807, 2.05) is 36.5 Å². The van der Waals surface area contributed by atoms with Crippen molar-refractivity contribution in [3.05, 3.63) is 104 Å². The van der Waals surface area contributed by atoms with Gasteiger partial charge in [0, 0.05) is 36.7 Å². The lowest BCUT2D eigenvalue weighted by Gasteiger charge is -2.31. The molecular formula is C38H43N7O4. The van der Waals surface area contributed by atoms with Gasteiger partial charge in [-0.2, -0.15) is 14.9 Å². The molecule has 0 aliphatic carbocycles. The molecule has 0 spiro atoms. The van der Waals surface area contributed by atoms with E-state index in [1.165, 1.54) is 21.9 Å². The first-order valence-corrected chi connectivity index (χ1v) is 16.7. The molecule has 1 aliphatic heterocycles. The summed E-state index contributed by atoms with van der Waals surface area (Å²) < 4.78 is 8.05. The predicted octanol–water partition coefficient (Wildman–Crippen LogP) is 5.84. The third-order valence-corrected chi connectivity index (χ3v) is 9.35. The van der Waals surface area contributed by atoms with Crippen LogP contribution in [0.1, 0.15) is 70.1 Å². The number of hydrogen-bond donors (Lipinski definition) is 1. The number of likely N-dealkylation sites (tertiary alicyclic amines) is 1. The molecule has 0 amide bonds. The van der Waals surface area contributed by atoms with Crippen molar-refractivity contribution in [1.82, 2.24) is 29.4 Å². The van der Waals surface area contributed by atoms with E-state index in [0.717, 1.165) is 43.4 Å². The molecule has 254 valence electrons. The van der Waals surface area contributed by atoms with Gasteiger partial charge in [0.2, 0.25) is 0 Å². The molecule has 2 aromatic carbocycles. The van der Waals surface area contributed by atoms with Gasteiger partial charge >= 0.3 is 5.97 Å². The molecule has 1 aliphatic rings. The summed E-state index contributed by atoms with van der Waals surface area (Å²) in [5, 5.41) is 13.5. The fraction of sp³-hybridized carbons (Fsp3) is 0.368. The summed E-state index contributed by atoms with van der Waals surface area (Å²) in [4.78, 5) is 46.2. The van der Waals surface area contributed by atoms with Crippen LogP contribution in [0.2, 0.25) is 0 Å². The number of hydrogen-bond acceptors (Lipinski definition) is 9. The number of ether oxygens (including phenoxy) is 1. The largest absolute Gasteiger partial charge is 0.461 e. The number of carbonyl (C=O) groups is 1. The number of pyridine rings is 1. The zero-order valence-corrected chi connectivity index (χ0v) is 29.0. The third kappa shape index (κ3) is 7.17. The fourth-order valence-corrected chi connectivity index (χ4v) is 6.40. The van der Waals surface area contributed by atoms with E-state index < -0.39 is 5.97 Å². The van der Waals surface area contributed by atoms with Crippen LogP contribution in [0, 0.1) is 0 Å². The first kappa shape index (κ1) is 33.7. The maximum Gasteiger partial charge on any atom is 0.302 e. The van der Waals surface area contributed by atoms with Crippen LogP contribution in [0.15, 0.2) is 76.6 Å². The van der Waals surface area contributed by atoms with E-state index in [1.54, 1.807) is 31.4 Å². The maximum atomic E-state index is 13.8. The summed E-state index contributed by atoms with van der Waals surface area (Å²) in [5.74, 6) is 0.535. The number of fused-ring (bicyclic) bond motifs is 1. The highest BCUT2D eigenvalue weighted by atomic mass is 16.5. The van der Waals surface area contributed by atoms with Crippen molar-refractivity contribution in [3.63, 3.8) is 0 Å². The summed E-state index contributed by atoms with van der Waals surface area (Å²) in [6, 6.07) is 16.8. The van der Waals surface area contributed by atoms with Crippen molar-refractivity contribution < 1.29 is 9.53 Å². The van der Waals surface area contributed by atoms with Crippen molar-refractivity contribution in [2.24, 2.45) is 7.05 Å². The van der Waals surface area contributed by atoms with E-state index in [9.17, 15) is 14.4 Å². The number of esters is 1. The molecule has 11 nitrogen and oxygen atoms in total. The van der Waals surface area contributed by atoms with Gasteiger partial charge in [-0.3, -0.25) is 14.4 Å². The Labute approximate surface area is 285 Å². The lowest BCUT2D eigenvalue weighted by molar-refractivity contribution is -0.142. The number of benzene rings is 2. The van der Waals surface area contributed by atoms with Gasteiger partial charge in [-0.25, -0.2) is 9.67 Å². The molecule has 5 aromatic rings. The molecule has 0 unspecified atom stereocenters. The van der Waals surface area contributed by atoms with Crippen LogP contribution < -0.4 is 16.4 Å². The van der Waals surface area contributed by atoms with Crippen LogP contribution >= 0.6 is 0 Å². The topological polar surface area (TPSA) is 124 Å². The Hall–Kier alpha value is -5.16. The lowest BCUT2D eigenvalue weighted by atomic mass is 9.86. The molecule has 0 saturated carbocycles. The van der Waals surface area contributed by atoms with Crippen molar-refractivity contribution in [2.45, 2.75) is 65.4 Å². The number of nitrogens with one attached hydrogen (secondary N) is 1. The average molecular weight is 662 g/mol. The molecule has 4 heterocycles. The van der Waals surface area contributed by atoms with Crippen molar-refractivity contribution in [3.8, 4) is 16.9 Å². The lowest BCUT2D eigenvalue weighted by Crippen LogP contribution is -2.32. The standard InChI is InChI=1S/C38H43N7O4/c1-7-44-17-15-25(16-18-44)26-11-14-35(39-21-26)41-33-20-32(42-43(6)37(33)48)30-9-8-10-34(31(30)23-49-24(2)46)45-36(47)29-13-12-28(38(3,4)5)19-27(29)22-40-45/h8-14,19-22,25H,7,15-18,23H2,1-6H3,(H,39,41). The minimum atomic E-state index is -0.476. The van der Waals surface area contributed by atoms with Crippen molar-refractivity contribution in [2.75, 3.05) is 25.0 Å². The highest BCUT2D eigenvalue weighted by molar-refractivity contribution is 5.82. The Morgan fingerprint density at radius 1 is 1.00 bits per heavy atom. The average Bonchev–Trinajstić information content (AvgIpc) is 3.09. The van der Waals surface area contributed by atoms with Crippen molar-refractivity contribution >= 4 is 28.2 Å². The Balaban J connectivity index is 1.37. The summed E-state index contributed by atoms with van der Waals surface area (Å²) in [5.41, 5.74) is 3.84. The van der Waals surface area contributed by atoms with Gasteiger partial charge in [-0.1, -0.05) is 52.0 Å². The van der Waals surface area contributed by atoms with E-state index in [4.69, 9.17) is 4.74 Å². The second kappa shape index (κ2) is 13.8. The number of aryl methyl sites for hydroxylation is 1. The van der Waals surface area contributed by atoms with E-state index >= 15 is 0 Å². The zero-order valence-electron chi connectivity index (χ0n) is 29.0. The summed E-state index contributed by atoms with van der Waals surface area (Å²) in [6.07, 6.45) is 5.77. The molecule has 49 heavy (non-hydrogen) atoms. The van der Waals surface area contributed by atoms with Gasteiger partial charge in [0.25, 0.3) is 11.1 Å². The van der Waals surface area contributed by atoms with Crippen LogP contribution in [-0.4, -0.2) is 55.0 Å². The number of anilines is 2. The second-order valence-corrected chi connectivity index (χ2v) is 13.7. The number of rotatable bonds is 8. The van der Waals surface area contributed by atoms with Gasteiger partial charge in [-0.15, -0.1) is 0 Å². The maximum absolute atomic E-state index is 13.8. The van der Waals surface area contributed by atoms with Gasteiger partial charge in [-0.05, 0) is 85.3 Å². The molecule has 1 fully saturated rings. The minimum absolute atomic E-state index is 0.0866. The molecule has 0 radical (unpaired) electrons. The number of nitrogens with zero attached hydrogens (tertiary/aromatic N) is 6. The quantitative estimate of drug-likeness (QED) is 0.204. The van der Waals surface area contributed by atoms with Crippen LogP contribution in [0.3, 0.4) is 0 Å². The number of aromatic nitrogens is 5. The normalized spacial score (nSPS) is 14.2. The van der Waals surface area contributed by atoms with Crippen LogP contribution in [0.4, 0.5) is 11.5 Å². The smallest absolute Gasteiger partial charge is 0.302 e. The van der Waals surface area contributed by atoms with E-state index in [2.05, 4.69) is 59.2 Å². The Kier molecular flexibility index (Phi) is 9.47. The van der Waals surface area contributed by atoms with Crippen molar-refractivity contribution in [1.29, 1.82) is 0 Å². The molecule has 11 heteroatoms. The second-order valence-electron chi connectivity index (χ2n) is 13.7. The molecule has 1 saturated heterocycles. The Morgan fingerprint density at radius 2 is 1.78 bits per heavy atom. The Morgan fingerprint density at radius 3 is 2.45 bits per heavy atom. The molecule has 1 N–H and O–H groups in total. The zero-order chi connectivity index (χ0) is 34.9. The van der Waals surface area contributed by atoms with Crippen LogP contribution in [-0.2, 0) is 28.6 Å². The minimum Gasteiger partial charge on any atom is -0.461 e. The Bertz CT molecular complexity index is 2120. The third-order valence-electron chi connectivity index (χ3n) is 9.35. The van der Waals surface area contributed by atoms with Crippen LogP contribution in [0.25, 0.3) is 27.7 Å².